The SMILES string of the molecule is O=C(Nc1ccccc1)Nc1ccc(C=Cc2ccccc2)cc1. The quantitative estimate of drug-likeness (QED) is 0.613. The molecule has 0 unspecified atom stereocenters. The molecular weight excluding hydrogens is 296 g/mol. The van der Waals surface area contributed by atoms with E-state index in [1.54, 1.807) is 0 Å². The molecule has 3 aromatic rings. The molecule has 24 heavy (non-hydrogen) atoms. The second kappa shape index (κ2) is 7.79. The Labute approximate surface area is 141 Å². The Balaban J connectivity index is 1.58. The van der Waals surface area contributed by atoms with E-state index in [1.165, 1.54) is 0 Å². The van der Waals surface area contributed by atoms with Gasteiger partial charge in [-0.25, -0.2) is 4.79 Å². The lowest BCUT2D eigenvalue weighted by molar-refractivity contribution is 0.262. The van der Waals surface area contributed by atoms with E-state index in [-0.39, 0.29) is 6.03 Å². The van der Waals surface area contributed by atoms with Gasteiger partial charge in [0.15, 0.2) is 0 Å². The zero-order valence-electron chi connectivity index (χ0n) is 13.1. The Morgan fingerprint density at radius 2 is 1.04 bits per heavy atom. The predicted molar refractivity (Wildman–Crippen MR) is 101 cm³/mol. The first-order valence-electron chi connectivity index (χ1n) is 7.76. The highest BCUT2D eigenvalue weighted by Crippen LogP contribution is 2.13. The summed E-state index contributed by atoms with van der Waals surface area (Å²) in [5.74, 6) is 0. The number of para-hydroxylation sites is 1. The fraction of sp³-hybridized carbons (Fsp3) is 0. The van der Waals surface area contributed by atoms with Crippen molar-refractivity contribution in [2.45, 2.75) is 0 Å². The first-order chi connectivity index (χ1) is 11.8. The molecule has 3 aromatic carbocycles. The molecule has 3 heteroatoms. The summed E-state index contributed by atoms with van der Waals surface area (Å²) in [4.78, 5) is 11.9. The van der Waals surface area contributed by atoms with Gasteiger partial charge in [0.2, 0.25) is 0 Å². The number of anilines is 2. The van der Waals surface area contributed by atoms with Crippen molar-refractivity contribution in [2.24, 2.45) is 0 Å². The normalized spacial score (nSPS) is 10.5. The molecule has 0 aliphatic heterocycles. The van der Waals surface area contributed by atoms with Gasteiger partial charge in [-0.15, -0.1) is 0 Å². The molecule has 0 aliphatic carbocycles. The third kappa shape index (κ3) is 4.58. The van der Waals surface area contributed by atoms with Crippen LogP contribution < -0.4 is 10.6 Å². The summed E-state index contributed by atoms with van der Waals surface area (Å²) in [6.07, 6.45) is 4.10. The van der Waals surface area contributed by atoms with Crippen molar-refractivity contribution in [3.05, 3.63) is 96.1 Å². The van der Waals surface area contributed by atoms with Crippen molar-refractivity contribution in [3.8, 4) is 0 Å². The van der Waals surface area contributed by atoms with Crippen molar-refractivity contribution in [2.75, 3.05) is 10.6 Å². The molecule has 0 radical (unpaired) electrons. The van der Waals surface area contributed by atoms with Crippen LogP contribution in [-0.4, -0.2) is 6.03 Å². The maximum atomic E-state index is 11.9. The zero-order chi connectivity index (χ0) is 16.6. The summed E-state index contributed by atoms with van der Waals surface area (Å²) in [7, 11) is 0. The van der Waals surface area contributed by atoms with E-state index in [0.29, 0.717) is 0 Å². The van der Waals surface area contributed by atoms with E-state index in [1.807, 2.05) is 78.9 Å². The number of hydrogen-bond acceptors (Lipinski definition) is 1. The van der Waals surface area contributed by atoms with Crippen LogP contribution in [0, 0.1) is 0 Å². The Bertz CT molecular complexity index is 809. The van der Waals surface area contributed by atoms with E-state index in [4.69, 9.17) is 0 Å². The number of carbonyl (C=O) groups excluding carboxylic acids is 1. The zero-order valence-corrected chi connectivity index (χ0v) is 13.1. The molecule has 2 N–H and O–H groups in total. The lowest BCUT2D eigenvalue weighted by Crippen LogP contribution is -2.19. The molecule has 3 nitrogen and oxygen atoms in total. The van der Waals surface area contributed by atoms with Gasteiger partial charge < -0.3 is 10.6 Å². The summed E-state index contributed by atoms with van der Waals surface area (Å²) < 4.78 is 0. The second-order valence-corrected chi connectivity index (χ2v) is 5.31. The maximum absolute atomic E-state index is 11.9. The van der Waals surface area contributed by atoms with Gasteiger partial charge in [0.25, 0.3) is 0 Å². The van der Waals surface area contributed by atoms with Crippen LogP contribution in [0.5, 0.6) is 0 Å². The number of hydrogen-bond donors (Lipinski definition) is 2. The Kier molecular flexibility index (Phi) is 5.05. The topological polar surface area (TPSA) is 41.1 Å². The minimum atomic E-state index is -0.256. The van der Waals surface area contributed by atoms with Gasteiger partial charge in [0.05, 0.1) is 0 Å². The van der Waals surface area contributed by atoms with E-state index >= 15 is 0 Å². The van der Waals surface area contributed by atoms with E-state index in [9.17, 15) is 4.79 Å². The summed E-state index contributed by atoms with van der Waals surface area (Å²) in [5, 5.41) is 5.60. The molecule has 0 atom stereocenters. The number of rotatable bonds is 4. The number of nitrogens with one attached hydrogen (secondary N) is 2. The Morgan fingerprint density at radius 1 is 0.583 bits per heavy atom. The largest absolute Gasteiger partial charge is 0.323 e. The molecule has 0 aliphatic rings. The molecule has 0 fully saturated rings. The smallest absolute Gasteiger partial charge is 0.308 e. The van der Waals surface area contributed by atoms with Gasteiger partial charge in [-0.2, -0.15) is 0 Å². The van der Waals surface area contributed by atoms with Crippen molar-refractivity contribution in [1.29, 1.82) is 0 Å². The van der Waals surface area contributed by atoms with Gasteiger partial charge in [-0.1, -0.05) is 72.8 Å². The molecule has 118 valence electrons. The average Bonchev–Trinajstić information content (AvgIpc) is 2.63. The molecule has 0 heterocycles. The van der Waals surface area contributed by atoms with Crippen LogP contribution in [0.15, 0.2) is 84.9 Å². The lowest BCUT2D eigenvalue weighted by Gasteiger charge is -2.07. The summed E-state index contributed by atoms with van der Waals surface area (Å²) in [5.41, 5.74) is 3.74. The Hall–Kier alpha value is -3.33. The van der Waals surface area contributed by atoms with Crippen molar-refractivity contribution < 1.29 is 4.79 Å². The van der Waals surface area contributed by atoms with Crippen LogP contribution in [0.3, 0.4) is 0 Å². The van der Waals surface area contributed by atoms with E-state index in [0.717, 1.165) is 22.5 Å². The van der Waals surface area contributed by atoms with Crippen molar-refractivity contribution in [3.63, 3.8) is 0 Å². The van der Waals surface area contributed by atoms with Crippen molar-refractivity contribution in [1.82, 2.24) is 0 Å². The number of carbonyl (C=O) groups is 1. The highest BCUT2D eigenvalue weighted by molar-refractivity contribution is 5.99. The van der Waals surface area contributed by atoms with Crippen LogP contribution in [-0.2, 0) is 0 Å². The maximum Gasteiger partial charge on any atom is 0.323 e. The van der Waals surface area contributed by atoms with Crippen molar-refractivity contribution >= 4 is 29.6 Å². The summed E-state index contributed by atoms with van der Waals surface area (Å²) in [6.45, 7) is 0. The first-order valence-corrected chi connectivity index (χ1v) is 7.76. The highest BCUT2D eigenvalue weighted by Gasteiger charge is 2.01. The number of benzene rings is 3. The third-order valence-corrected chi connectivity index (χ3v) is 3.47. The molecule has 0 spiro atoms. The van der Waals surface area contributed by atoms with Crippen LogP contribution in [0.2, 0.25) is 0 Å². The van der Waals surface area contributed by atoms with Gasteiger partial charge in [-0.05, 0) is 35.4 Å². The minimum Gasteiger partial charge on any atom is -0.308 e. The highest BCUT2D eigenvalue weighted by atomic mass is 16.2. The molecule has 0 bridgehead atoms. The Morgan fingerprint density at radius 3 is 1.62 bits per heavy atom. The average molecular weight is 314 g/mol. The standard InChI is InChI=1S/C21H18N2O/c24-21(22-19-9-5-2-6-10-19)23-20-15-13-18(14-16-20)12-11-17-7-3-1-4-8-17/h1-16H,(H2,22,23,24). The lowest BCUT2D eigenvalue weighted by atomic mass is 10.1. The molecule has 2 amide bonds. The van der Waals surface area contributed by atoms with Crippen LogP contribution in [0.4, 0.5) is 16.2 Å². The minimum absolute atomic E-state index is 0.256. The predicted octanol–water partition coefficient (Wildman–Crippen LogP) is 5.50. The molecule has 0 saturated heterocycles. The first kappa shape index (κ1) is 15.6. The van der Waals surface area contributed by atoms with Gasteiger partial charge in [0, 0.05) is 11.4 Å². The summed E-state index contributed by atoms with van der Waals surface area (Å²) in [6, 6.07) is 26.9. The molecule has 3 rings (SSSR count). The number of amides is 2. The van der Waals surface area contributed by atoms with E-state index in [2.05, 4.69) is 28.8 Å². The molecule has 0 aromatic heterocycles. The number of urea groups is 1. The van der Waals surface area contributed by atoms with Crippen LogP contribution >= 0.6 is 0 Å². The molecular formula is C21H18N2O. The van der Waals surface area contributed by atoms with Gasteiger partial charge in [0.1, 0.15) is 0 Å². The fourth-order valence-corrected chi connectivity index (χ4v) is 2.25. The monoisotopic (exact) mass is 314 g/mol. The summed E-state index contributed by atoms with van der Waals surface area (Å²) >= 11 is 0. The second-order valence-electron chi connectivity index (χ2n) is 5.31. The third-order valence-electron chi connectivity index (χ3n) is 3.47. The molecule has 0 saturated carbocycles. The van der Waals surface area contributed by atoms with E-state index < -0.39 is 0 Å². The van der Waals surface area contributed by atoms with Gasteiger partial charge in [-0.3, -0.25) is 0 Å². The fourth-order valence-electron chi connectivity index (χ4n) is 2.25. The van der Waals surface area contributed by atoms with Crippen LogP contribution in [0.1, 0.15) is 11.1 Å². The van der Waals surface area contributed by atoms with Gasteiger partial charge >= 0.3 is 6.03 Å². The van der Waals surface area contributed by atoms with Crippen LogP contribution in [0.25, 0.3) is 12.2 Å².